The molecule has 0 atom stereocenters. The standard InChI is InChI=1S/C11H16Ge/c1-12(2,3)10-9-11-7-5-4-6-8-11/h4-10H,1-3H3. The first-order valence-electron chi connectivity index (χ1n) is 4.32. The molecule has 0 heterocycles. The summed E-state index contributed by atoms with van der Waals surface area (Å²) in [7, 11) is 0. The molecule has 0 aliphatic heterocycles. The van der Waals surface area contributed by atoms with E-state index < -0.39 is 13.3 Å². The topological polar surface area (TPSA) is 0 Å². The molecule has 0 bridgehead atoms. The zero-order chi connectivity index (χ0) is 9.03. The van der Waals surface area contributed by atoms with Gasteiger partial charge in [-0.2, -0.15) is 0 Å². The fourth-order valence-electron chi connectivity index (χ4n) is 0.910. The van der Waals surface area contributed by atoms with Crippen LogP contribution in [0, 0.1) is 0 Å². The predicted molar refractivity (Wildman–Crippen MR) is 58.8 cm³/mol. The van der Waals surface area contributed by atoms with Gasteiger partial charge in [0.1, 0.15) is 0 Å². The van der Waals surface area contributed by atoms with Crippen LogP contribution in [0.3, 0.4) is 0 Å². The summed E-state index contributed by atoms with van der Waals surface area (Å²) in [5.74, 6) is 7.16. The van der Waals surface area contributed by atoms with Gasteiger partial charge in [-0.15, -0.1) is 0 Å². The van der Waals surface area contributed by atoms with Gasteiger partial charge in [-0.25, -0.2) is 0 Å². The maximum atomic E-state index is 2.41. The fourth-order valence-corrected chi connectivity index (χ4v) is 2.36. The molecule has 0 aliphatic rings. The van der Waals surface area contributed by atoms with E-state index in [0.29, 0.717) is 0 Å². The van der Waals surface area contributed by atoms with Crippen molar-refractivity contribution < 1.29 is 0 Å². The summed E-state index contributed by atoms with van der Waals surface area (Å²) in [6, 6.07) is 10.5. The van der Waals surface area contributed by atoms with Crippen LogP contribution in [0.5, 0.6) is 0 Å². The minimum absolute atomic E-state index is 1.32. The molecule has 0 radical (unpaired) electrons. The van der Waals surface area contributed by atoms with Crippen LogP contribution in [0.4, 0.5) is 0 Å². The number of benzene rings is 1. The molecule has 0 unspecified atom stereocenters. The Labute approximate surface area is 77.7 Å². The van der Waals surface area contributed by atoms with Crippen LogP contribution in [-0.2, 0) is 0 Å². The van der Waals surface area contributed by atoms with E-state index in [-0.39, 0.29) is 0 Å². The quantitative estimate of drug-likeness (QED) is 0.669. The first kappa shape index (κ1) is 9.59. The second kappa shape index (κ2) is 3.95. The van der Waals surface area contributed by atoms with Gasteiger partial charge in [0.25, 0.3) is 0 Å². The second-order valence-electron chi connectivity index (χ2n) is 4.11. The average Bonchev–Trinajstić information content (AvgIpc) is 2.02. The third-order valence-electron chi connectivity index (χ3n) is 1.58. The van der Waals surface area contributed by atoms with Gasteiger partial charge < -0.3 is 0 Å². The minimum atomic E-state index is -1.47. The summed E-state index contributed by atoms with van der Waals surface area (Å²) in [6.07, 6.45) is 2.25. The Morgan fingerprint density at radius 3 is 2.08 bits per heavy atom. The molecule has 0 amide bonds. The van der Waals surface area contributed by atoms with Crippen molar-refractivity contribution >= 4 is 19.3 Å². The van der Waals surface area contributed by atoms with Crippen LogP contribution in [0.15, 0.2) is 35.2 Å². The first-order chi connectivity index (χ1) is 5.58. The number of rotatable bonds is 2. The van der Waals surface area contributed by atoms with Gasteiger partial charge >= 0.3 is 77.4 Å². The van der Waals surface area contributed by atoms with Crippen LogP contribution in [0.2, 0.25) is 17.3 Å². The normalized spacial score (nSPS) is 12.2. The van der Waals surface area contributed by atoms with Gasteiger partial charge in [0, 0.05) is 0 Å². The summed E-state index contributed by atoms with van der Waals surface area (Å²) in [5, 5.41) is 0. The Morgan fingerprint density at radius 1 is 1.00 bits per heavy atom. The Bertz CT molecular complexity index is 254. The van der Waals surface area contributed by atoms with Crippen molar-refractivity contribution in [2.45, 2.75) is 17.3 Å². The molecule has 0 aromatic heterocycles. The van der Waals surface area contributed by atoms with Crippen molar-refractivity contribution in [2.75, 3.05) is 0 Å². The van der Waals surface area contributed by atoms with E-state index in [2.05, 4.69) is 58.6 Å². The van der Waals surface area contributed by atoms with E-state index >= 15 is 0 Å². The molecular weight excluding hydrogens is 205 g/mol. The molecule has 0 aliphatic carbocycles. The molecule has 0 nitrogen and oxygen atoms in total. The molecule has 1 rings (SSSR count). The van der Waals surface area contributed by atoms with Crippen LogP contribution in [-0.4, -0.2) is 13.3 Å². The maximum absolute atomic E-state index is 2.41. The Hall–Kier alpha value is -0.497. The van der Waals surface area contributed by atoms with E-state index in [1.807, 2.05) is 0 Å². The summed E-state index contributed by atoms with van der Waals surface area (Å²) >= 11 is -1.47. The molecule has 0 spiro atoms. The fraction of sp³-hybridized carbons (Fsp3) is 0.273. The van der Waals surface area contributed by atoms with E-state index in [1.54, 1.807) is 0 Å². The summed E-state index contributed by atoms with van der Waals surface area (Å²) < 4.78 is 0. The van der Waals surface area contributed by atoms with Gasteiger partial charge in [0.15, 0.2) is 0 Å². The third kappa shape index (κ3) is 3.77. The first-order valence-corrected chi connectivity index (χ1v) is 11.8. The third-order valence-corrected chi connectivity index (χ3v) is 4.02. The van der Waals surface area contributed by atoms with Gasteiger partial charge in [0.05, 0.1) is 0 Å². The molecule has 1 aromatic rings. The molecule has 1 heteroatoms. The average molecular weight is 221 g/mol. The second-order valence-corrected chi connectivity index (χ2v) is 14.7. The van der Waals surface area contributed by atoms with Gasteiger partial charge in [-0.1, -0.05) is 0 Å². The Balaban J connectivity index is 2.71. The van der Waals surface area contributed by atoms with Crippen molar-refractivity contribution in [2.24, 2.45) is 0 Å². The van der Waals surface area contributed by atoms with Crippen molar-refractivity contribution in [3.8, 4) is 0 Å². The predicted octanol–water partition coefficient (Wildman–Crippen LogP) is 3.58. The zero-order valence-electron chi connectivity index (χ0n) is 8.04. The molecule has 0 fully saturated rings. The monoisotopic (exact) mass is 222 g/mol. The van der Waals surface area contributed by atoms with Crippen molar-refractivity contribution in [3.05, 3.63) is 40.8 Å². The molecule has 12 heavy (non-hydrogen) atoms. The molecule has 64 valence electrons. The van der Waals surface area contributed by atoms with Gasteiger partial charge in [-0.05, 0) is 0 Å². The van der Waals surface area contributed by atoms with Crippen molar-refractivity contribution in [1.82, 2.24) is 0 Å². The van der Waals surface area contributed by atoms with Gasteiger partial charge in [0.2, 0.25) is 0 Å². The van der Waals surface area contributed by atoms with Crippen LogP contribution < -0.4 is 0 Å². The van der Waals surface area contributed by atoms with E-state index in [1.165, 1.54) is 5.56 Å². The van der Waals surface area contributed by atoms with E-state index in [9.17, 15) is 0 Å². The molecular formula is C11H16Ge. The molecule has 0 saturated heterocycles. The summed E-state index contributed by atoms with van der Waals surface area (Å²) in [4.78, 5) is 2.41. The summed E-state index contributed by atoms with van der Waals surface area (Å²) in [5.41, 5.74) is 1.32. The Kier molecular flexibility index (Phi) is 3.15. The zero-order valence-corrected chi connectivity index (χ0v) is 10.1. The SMILES string of the molecule is [CH3][Ge]([CH3])([CH3])[CH]=Cc1ccccc1. The summed E-state index contributed by atoms with van der Waals surface area (Å²) in [6.45, 7) is 0. The van der Waals surface area contributed by atoms with E-state index in [0.717, 1.165) is 0 Å². The number of hydrogen-bond acceptors (Lipinski definition) is 0. The van der Waals surface area contributed by atoms with Crippen LogP contribution in [0.25, 0.3) is 6.08 Å². The number of hydrogen-bond donors (Lipinski definition) is 0. The molecule has 0 N–H and O–H groups in total. The molecule has 0 saturated carbocycles. The van der Waals surface area contributed by atoms with E-state index in [4.69, 9.17) is 0 Å². The van der Waals surface area contributed by atoms with Crippen molar-refractivity contribution in [1.29, 1.82) is 0 Å². The molecule has 1 aromatic carbocycles. The van der Waals surface area contributed by atoms with Gasteiger partial charge in [-0.3, -0.25) is 0 Å². The van der Waals surface area contributed by atoms with Crippen LogP contribution in [0.1, 0.15) is 5.56 Å². The Morgan fingerprint density at radius 2 is 1.58 bits per heavy atom. The van der Waals surface area contributed by atoms with Crippen LogP contribution >= 0.6 is 0 Å². The van der Waals surface area contributed by atoms with Crippen molar-refractivity contribution in [3.63, 3.8) is 0 Å².